The Bertz CT molecular complexity index is 710. The van der Waals surface area contributed by atoms with Gasteiger partial charge in [0.05, 0.1) is 0 Å². The van der Waals surface area contributed by atoms with Crippen LogP contribution < -0.4 is 9.64 Å². The van der Waals surface area contributed by atoms with E-state index in [1.807, 2.05) is 54.3 Å². The Labute approximate surface area is 137 Å². The van der Waals surface area contributed by atoms with Crippen molar-refractivity contribution in [3.63, 3.8) is 0 Å². The maximum atomic E-state index is 12.9. The average molecular weight is 309 g/mol. The van der Waals surface area contributed by atoms with Gasteiger partial charge in [0.25, 0.3) is 5.91 Å². The number of anilines is 1. The zero-order chi connectivity index (χ0) is 16.4. The summed E-state index contributed by atoms with van der Waals surface area (Å²) in [6.45, 7) is 6.01. The van der Waals surface area contributed by atoms with Gasteiger partial charge in [0.1, 0.15) is 5.75 Å². The van der Waals surface area contributed by atoms with E-state index in [2.05, 4.69) is 19.9 Å². The lowest BCUT2D eigenvalue weighted by Gasteiger charge is -2.26. The molecule has 1 amide bonds. The molecule has 120 valence electrons. The van der Waals surface area contributed by atoms with Crippen molar-refractivity contribution < 1.29 is 9.53 Å². The van der Waals surface area contributed by atoms with Gasteiger partial charge in [-0.15, -0.1) is 0 Å². The molecular formula is C20H23NO2. The summed E-state index contributed by atoms with van der Waals surface area (Å²) in [7, 11) is 0. The number of aryl methyl sites for hydroxylation is 1. The first-order chi connectivity index (χ1) is 11.1. The molecule has 2 atom stereocenters. The highest BCUT2D eigenvalue weighted by molar-refractivity contribution is 5.99. The number of carbonyl (C=O) groups excluding carboxylic acids is 1. The van der Waals surface area contributed by atoms with Gasteiger partial charge in [0, 0.05) is 11.7 Å². The number of benzene rings is 2. The van der Waals surface area contributed by atoms with Gasteiger partial charge in [0.2, 0.25) is 0 Å². The van der Waals surface area contributed by atoms with Crippen molar-refractivity contribution in [3.8, 4) is 5.75 Å². The van der Waals surface area contributed by atoms with E-state index in [1.54, 1.807) is 0 Å². The highest BCUT2D eigenvalue weighted by atomic mass is 16.5. The van der Waals surface area contributed by atoms with Crippen LogP contribution in [0, 0.1) is 0 Å². The highest BCUT2D eigenvalue weighted by Gasteiger charge is 2.33. The lowest BCUT2D eigenvalue weighted by atomic mass is 10.1. The molecule has 23 heavy (non-hydrogen) atoms. The molecule has 2 aromatic rings. The Kier molecular flexibility index (Phi) is 4.37. The van der Waals surface area contributed by atoms with Gasteiger partial charge < -0.3 is 9.64 Å². The van der Waals surface area contributed by atoms with Crippen LogP contribution in [0.15, 0.2) is 48.5 Å². The number of fused-ring (bicyclic) bond motifs is 1. The van der Waals surface area contributed by atoms with Gasteiger partial charge in [-0.1, -0.05) is 43.3 Å². The van der Waals surface area contributed by atoms with Crippen LogP contribution in [0.5, 0.6) is 5.75 Å². The summed E-state index contributed by atoms with van der Waals surface area (Å²) in [4.78, 5) is 14.8. The van der Waals surface area contributed by atoms with E-state index in [4.69, 9.17) is 4.74 Å². The third-order valence-corrected chi connectivity index (χ3v) is 4.45. The second kappa shape index (κ2) is 6.45. The summed E-state index contributed by atoms with van der Waals surface area (Å²) >= 11 is 0. The van der Waals surface area contributed by atoms with Gasteiger partial charge in [-0.05, 0) is 49.9 Å². The predicted octanol–water partition coefficient (Wildman–Crippen LogP) is 3.99. The SMILES string of the molecule is CCc1ccccc1O[C@H](C)C(=O)N1c2ccccc2C[C@@H]1C. The van der Waals surface area contributed by atoms with Crippen molar-refractivity contribution in [2.75, 3.05) is 4.90 Å². The van der Waals surface area contributed by atoms with Crippen molar-refractivity contribution >= 4 is 11.6 Å². The van der Waals surface area contributed by atoms with Gasteiger partial charge >= 0.3 is 0 Å². The molecule has 0 aromatic heterocycles. The number of para-hydroxylation sites is 2. The summed E-state index contributed by atoms with van der Waals surface area (Å²) in [6, 6.07) is 16.2. The smallest absolute Gasteiger partial charge is 0.268 e. The quantitative estimate of drug-likeness (QED) is 0.854. The minimum absolute atomic E-state index is 0.0216. The molecule has 3 heteroatoms. The fraction of sp³-hybridized carbons (Fsp3) is 0.350. The molecule has 1 heterocycles. The molecule has 1 aliphatic heterocycles. The predicted molar refractivity (Wildman–Crippen MR) is 93.0 cm³/mol. The Balaban J connectivity index is 1.80. The fourth-order valence-corrected chi connectivity index (χ4v) is 3.25. The summed E-state index contributed by atoms with van der Waals surface area (Å²) in [6.07, 6.45) is 1.29. The first kappa shape index (κ1) is 15.6. The number of amides is 1. The third-order valence-electron chi connectivity index (χ3n) is 4.45. The maximum Gasteiger partial charge on any atom is 0.268 e. The van der Waals surface area contributed by atoms with Crippen molar-refractivity contribution in [1.29, 1.82) is 0 Å². The van der Waals surface area contributed by atoms with E-state index in [-0.39, 0.29) is 11.9 Å². The Morgan fingerprint density at radius 3 is 2.70 bits per heavy atom. The molecule has 1 aliphatic rings. The zero-order valence-electron chi connectivity index (χ0n) is 14.0. The molecule has 3 nitrogen and oxygen atoms in total. The minimum Gasteiger partial charge on any atom is -0.481 e. The molecular weight excluding hydrogens is 286 g/mol. The van der Waals surface area contributed by atoms with Crippen LogP contribution in [0.4, 0.5) is 5.69 Å². The Morgan fingerprint density at radius 2 is 1.91 bits per heavy atom. The molecule has 0 radical (unpaired) electrons. The molecule has 0 saturated heterocycles. The number of rotatable bonds is 4. The number of hydrogen-bond acceptors (Lipinski definition) is 2. The first-order valence-corrected chi connectivity index (χ1v) is 8.27. The van der Waals surface area contributed by atoms with Crippen LogP contribution in [0.25, 0.3) is 0 Å². The Hall–Kier alpha value is -2.29. The van der Waals surface area contributed by atoms with Crippen LogP contribution in [0.3, 0.4) is 0 Å². The van der Waals surface area contributed by atoms with Crippen LogP contribution >= 0.6 is 0 Å². The van der Waals surface area contributed by atoms with E-state index < -0.39 is 6.10 Å². The van der Waals surface area contributed by atoms with Gasteiger partial charge in [-0.25, -0.2) is 0 Å². The highest BCUT2D eigenvalue weighted by Crippen LogP contribution is 2.32. The zero-order valence-corrected chi connectivity index (χ0v) is 14.0. The minimum atomic E-state index is -0.503. The molecule has 0 fully saturated rings. The molecule has 0 spiro atoms. The largest absolute Gasteiger partial charge is 0.481 e. The van der Waals surface area contributed by atoms with Crippen LogP contribution in [-0.4, -0.2) is 18.1 Å². The molecule has 2 aromatic carbocycles. The topological polar surface area (TPSA) is 29.5 Å². The monoisotopic (exact) mass is 309 g/mol. The van der Waals surface area contributed by atoms with Crippen LogP contribution in [0.2, 0.25) is 0 Å². The van der Waals surface area contributed by atoms with Gasteiger partial charge in [-0.2, -0.15) is 0 Å². The number of hydrogen-bond donors (Lipinski definition) is 0. The summed E-state index contributed by atoms with van der Waals surface area (Å²) < 4.78 is 5.98. The first-order valence-electron chi connectivity index (χ1n) is 8.27. The molecule has 3 rings (SSSR count). The number of ether oxygens (including phenoxy) is 1. The summed E-state index contributed by atoms with van der Waals surface area (Å²) in [5, 5.41) is 0. The number of carbonyl (C=O) groups is 1. The van der Waals surface area contributed by atoms with E-state index in [0.717, 1.165) is 29.8 Å². The average Bonchev–Trinajstić information content (AvgIpc) is 2.90. The fourth-order valence-electron chi connectivity index (χ4n) is 3.25. The lowest BCUT2D eigenvalue weighted by Crippen LogP contribution is -2.43. The van der Waals surface area contributed by atoms with Crippen LogP contribution in [-0.2, 0) is 17.6 Å². The second-order valence-electron chi connectivity index (χ2n) is 6.11. The molecule has 0 aliphatic carbocycles. The normalized spacial score (nSPS) is 17.7. The van der Waals surface area contributed by atoms with Crippen molar-refractivity contribution in [2.45, 2.75) is 45.8 Å². The van der Waals surface area contributed by atoms with Crippen molar-refractivity contribution in [1.82, 2.24) is 0 Å². The van der Waals surface area contributed by atoms with Crippen molar-refractivity contribution in [3.05, 3.63) is 59.7 Å². The molecule has 0 N–H and O–H groups in total. The van der Waals surface area contributed by atoms with Crippen molar-refractivity contribution in [2.24, 2.45) is 0 Å². The third kappa shape index (κ3) is 2.96. The maximum absolute atomic E-state index is 12.9. The van der Waals surface area contributed by atoms with E-state index in [0.29, 0.717) is 0 Å². The Morgan fingerprint density at radius 1 is 1.22 bits per heavy atom. The lowest BCUT2D eigenvalue weighted by molar-refractivity contribution is -0.124. The molecule has 0 saturated carbocycles. The molecule has 0 unspecified atom stereocenters. The summed E-state index contributed by atoms with van der Waals surface area (Å²) in [5.74, 6) is 0.823. The standard InChI is InChI=1S/C20H23NO2/c1-4-16-9-6-8-12-19(16)23-15(3)20(22)21-14(2)13-17-10-5-7-11-18(17)21/h5-12,14-15H,4,13H2,1-3H3/t14-,15+/m0/s1. The van der Waals surface area contributed by atoms with E-state index >= 15 is 0 Å². The number of nitrogens with zero attached hydrogens (tertiary/aromatic N) is 1. The van der Waals surface area contributed by atoms with Gasteiger partial charge in [-0.3, -0.25) is 4.79 Å². The van der Waals surface area contributed by atoms with Gasteiger partial charge in [0.15, 0.2) is 6.10 Å². The van der Waals surface area contributed by atoms with E-state index in [9.17, 15) is 4.79 Å². The van der Waals surface area contributed by atoms with E-state index in [1.165, 1.54) is 5.56 Å². The summed E-state index contributed by atoms with van der Waals surface area (Å²) in [5.41, 5.74) is 3.38. The second-order valence-corrected chi connectivity index (χ2v) is 6.11. The molecule has 0 bridgehead atoms. The van der Waals surface area contributed by atoms with Crippen LogP contribution in [0.1, 0.15) is 31.9 Å².